The normalized spacial score (nSPS) is 11.0. The van der Waals surface area contributed by atoms with Crippen molar-refractivity contribution in [1.29, 1.82) is 0 Å². The molecular formula is C12H13F2N5O3. The third-order valence-electron chi connectivity index (χ3n) is 2.91. The minimum atomic E-state index is -2.84. The topological polar surface area (TPSA) is 90.9 Å². The summed E-state index contributed by atoms with van der Waals surface area (Å²) in [6.07, 6.45) is -0.429. The average Bonchev–Trinajstić information content (AvgIpc) is 2.80. The minimum Gasteiger partial charge on any atom is -0.321 e. The number of amides is 1. The van der Waals surface area contributed by atoms with Gasteiger partial charge in [-0.25, -0.2) is 13.6 Å². The fourth-order valence-electron chi connectivity index (χ4n) is 1.84. The van der Waals surface area contributed by atoms with Gasteiger partial charge in [-0.2, -0.15) is 5.10 Å². The maximum atomic E-state index is 12.8. The maximum absolute atomic E-state index is 12.8. The van der Waals surface area contributed by atoms with Crippen LogP contribution in [0.2, 0.25) is 0 Å². The zero-order chi connectivity index (χ0) is 16.4. The first-order chi connectivity index (χ1) is 10.3. The van der Waals surface area contributed by atoms with Crippen molar-refractivity contribution in [3.05, 3.63) is 45.0 Å². The number of halogens is 2. The zero-order valence-electron chi connectivity index (χ0n) is 11.8. The van der Waals surface area contributed by atoms with Crippen LogP contribution in [0.15, 0.2) is 28.0 Å². The Kier molecular flexibility index (Phi) is 4.20. The van der Waals surface area contributed by atoms with Gasteiger partial charge in [-0.3, -0.25) is 23.4 Å². The lowest BCUT2D eigenvalue weighted by Crippen LogP contribution is -2.39. The van der Waals surface area contributed by atoms with Gasteiger partial charge in [0.1, 0.15) is 6.54 Å². The second-order valence-electron chi connectivity index (χ2n) is 4.57. The van der Waals surface area contributed by atoms with Crippen molar-refractivity contribution in [2.24, 2.45) is 14.1 Å². The lowest BCUT2D eigenvalue weighted by atomic mass is 10.3. The zero-order valence-corrected chi connectivity index (χ0v) is 11.8. The molecule has 10 heteroatoms. The Labute approximate surface area is 122 Å². The van der Waals surface area contributed by atoms with Gasteiger partial charge >= 0.3 is 5.69 Å². The molecule has 8 nitrogen and oxygen atoms in total. The molecule has 0 aliphatic rings. The van der Waals surface area contributed by atoms with E-state index >= 15 is 0 Å². The van der Waals surface area contributed by atoms with E-state index in [-0.39, 0.29) is 5.69 Å². The van der Waals surface area contributed by atoms with Crippen LogP contribution in [-0.4, -0.2) is 24.8 Å². The van der Waals surface area contributed by atoms with Gasteiger partial charge < -0.3 is 5.32 Å². The second kappa shape index (κ2) is 5.92. The van der Waals surface area contributed by atoms with Crippen LogP contribution in [0.3, 0.4) is 0 Å². The van der Waals surface area contributed by atoms with Crippen LogP contribution in [0, 0.1) is 0 Å². The van der Waals surface area contributed by atoms with Gasteiger partial charge in [0.25, 0.3) is 12.0 Å². The number of hydrogen-bond acceptors (Lipinski definition) is 4. The standard InChI is InChI=1S/C12H13F2N5O3/c1-17-5-7(10(16-17)11(13)14)15-8(20)6-19-4-3-9(21)18(2)12(19)22/h3-5,11H,6H2,1-2H3,(H,15,20). The number of nitrogens with zero attached hydrogens (tertiary/aromatic N) is 4. The van der Waals surface area contributed by atoms with E-state index in [1.807, 2.05) is 0 Å². The molecule has 2 aromatic heterocycles. The predicted molar refractivity (Wildman–Crippen MR) is 72.7 cm³/mol. The molecule has 0 saturated carbocycles. The molecule has 0 spiro atoms. The molecule has 0 aliphatic heterocycles. The first-order valence-corrected chi connectivity index (χ1v) is 6.17. The average molecular weight is 313 g/mol. The summed E-state index contributed by atoms with van der Waals surface area (Å²) in [4.78, 5) is 34.9. The van der Waals surface area contributed by atoms with E-state index in [2.05, 4.69) is 10.4 Å². The Hall–Kier alpha value is -2.78. The lowest BCUT2D eigenvalue weighted by Gasteiger charge is -2.08. The number of alkyl halides is 2. The van der Waals surface area contributed by atoms with E-state index in [0.29, 0.717) is 0 Å². The molecule has 2 rings (SSSR count). The summed E-state index contributed by atoms with van der Waals surface area (Å²) in [5.74, 6) is -0.685. The lowest BCUT2D eigenvalue weighted by molar-refractivity contribution is -0.116. The summed E-state index contributed by atoms with van der Waals surface area (Å²) >= 11 is 0. The van der Waals surface area contributed by atoms with Crippen molar-refractivity contribution in [3.63, 3.8) is 0 Å². The molecule has 118 valence electrons. The molecule has 0 unspecified atom stereocenters. The molecule has 22 heavy (non-hydrogen) atoms. The Bertz CT molecular complexity index is 821. The number of aromatic nitrogens is 4. The highest BCUT2D eigenvalue weighted by molar-refractivity contribution is 5.91. The van der Waals surface area contributed by atoms with Crippen LogP contribution in [-0.2, 0) is 25.4 Å². The highest BCUT2D eigenvalue weighted by Gasteiger charge is 2.19. The van der Waals surface area contributed by atoms with Crippen LogP contribution in [0.1, 0.15) is 12.1 Å². The number of carbonyl (C=O) groups excluding carboxylic acids is 1. The molecular weight excluding hydrogens is 300 g/mol. The molecule has 0 aromatic carbocycles. The smallest absolute Gasteiger partial charge is 0.321 e. The number of anilines is 1. The highest BCUT2D eigenvalue weighted by atomic mass is 19.3. The van der Waals surface area contributed by atoms with Gasteiger partial charge in [0.2, 0.25) is 5.91 Å². The fraction of sp³-hybridized carbons (Fsp3) is 0.333. The Morgan fingerprint density at radius 2 is 2.05 bits per heavy atom. The second-order valence-corrected chi connectivity index (χ2v) is 4.57. The minimum absolute atomic E-state index is 0.125. The van der Waals surface area contributed by atoms with Crippen molar-refractivity contribution in [3.8, 4) is 0 Å². The van der Waals surface area contributed by atoms with Gasteiger partial charge in [-0.15, -0.1) is 0 Å². The van der Waals surface area contributed by atoms with Crippen LogP contribution < -0.4 is 16.6 Å². The van der Waals surface area contributed by atoms with Gasteiger partial charge in [0.15, 0.2) is 5.69 Å². The molecule has 0 aliphatic carbocycles. The largest absolute Gasteiger partial charge is 0.331 e. The molecule has 0 bridgehead atoms. The Balaban J connectivity index is 2.20. The van der Waals surface area contributed by atoms with Crippen molar-refractivity contribution >= 4 is 11.6 Å². The molecule has 0 radical (unpaired) electrons. The first-order valence-electron chi connectivity index (χ1n) is 6.17. The predicted octanol–water partition coefficient (Wildman–Crippen LogP) is -0.143. The van der Waals surface area contributed by atoms with E-state index in [1.54, 1.807) is 0 Å². The molecule has 2 aromatic rings. The Morgan fingerprint density at radius 3 is 2.68 bits per heavy atom. The fourth-order valence-corrected chi connectivity index (χ4v) is 1.84. The number of aryl methyl sites for hydroxylation is 1. The van der Waals surface area contributed by atoms with E-state index < -0.39 is 35.8 Å². The highest BCUT2D eigenvalue weighted by Crippen LogP contribution is 2.24. The van der Waals surface area contributed by atoms with E-state index in [0.717, 1.165) is 19.9 Å². The monoisotopic (exact) mass is 313 g/mol. The van der Waals surface area contributed by atoms with E-state index in [9.17, 15) is 23.2 Å². The number of carbonyl (C=O) groups is 1. The van der Waals surface area contributed by atoms with Gasteiger partial charge in [0, 0.05) is 32.6 Å². The first kappa shape index (κ1) is 15.6. The summed E-state index contributed by atoms with van der Waals surface area (Å²) in [6.45, 7) is -0.412. The van der Waals surface area contributed by atoms with Crippen LogP contribution in [0.25, 0.3) is 0 Å². The number of hydrogen-bond donors (Lipinski definition) is 1. The van der Waals surface area contributed by atoms with Crippen LogP contribution in [0.4, 0.5) is 14.5 Å². The summed E-state index contributed by atoms with van der Waals surface area (Å²) in [5, 5.41) is 5.82. The van der Waals surface area contributed by atoms with E-state index in [1.165, 1.54) is 26.5 Å². The summed E-state index contributed by atoms with van der Waals surface area (Å²) < 4.78 is 28.5. The third-order valence-corrected chi connectivity index (χ3v) is 2.91. The summed E-state index contributed by atoms with van der Waals surface area (Å²) in [7, 11) is 2.72. The van der Waals surface area contributed by atoms with Gasteiger partial charge in [-0.1, -0.05) is 0 Å². The molecule has 2 heterocycles. The molecule has 0 fully saturated rings. The quantitative estimate of drug-likeness (QED) is 0.850. The number of rotatable bonds is 4. The van der Waals surface area contributed by atoms with Gasteiger partial charge in [0.05, 0.1) is 5.69 Å². The molecule has 0 atom stereocenters. The number of nitrogens with one attached hydrogen (secondary N) is 1. The molecule has 0 saturated heterocycles. The van der Waals surface area contributed by atoms with Crippen molar-refractivity contribution < 1.29 is 13.6 Å². The SMILES string of the molecule is Cn1cc(NC(=O)Cn2ccc(=O)n(C)c2=O)c(C(F)F)n1. The van der Waals surface area contributed by atoms with Gasteiger partial charge in [-0.05, 0) is 0 Å². The van der Waals surface area contributed by atoms with Crippen LogP contribution >= 0.6 is 0 Å². The third kappa shape index (κ3) is 3.10. The van der Waals surface area contributed by atoms with E-state index in [4.69, 9.17) is 0 Å². The van der Waals surface area contributed by atoms with Crippen molar-refractivity contribution in [1.82, 2.24) is 18.9 Å². The van der Waals surface area contributed by atoms with Crippen molar-refractivity contribution in [2.75, 3.05) is 5.32 Å². The summed E-state index contributed by atoms with van der Waals surface area (Å²) in [6, 6.07) is 1.13. The molecule has 1 amide bonds. The Morgan fingerprint density at radius 1 is 1.36 bits per heavy atom. The maximum Gasteiger partial charge on any atom is 0.331 e. The summed E-state index contributed by atoms with van der Waals surface area (Å²) in [5.41, 5.74) is -1.86. The molecule has 1 N–H and O–H groups in total. The van der Waals surface area contributed by atoms with Crippen LogP contribution in [0.5, 0.6) is 0 Å². The van der Waals surface area contributed by atoms with Crippen molar-refractivity contribution in [2.45, 2.75) is 13.0 Å².